The molecule has 0 spiro atoms. The first kappa shape index (κ1) is 23.3. The molecule has 0 bridgehead atoms. The van der Waals surface area contributed by atoms with Gasteiger partial charge in [0.25, 0.3) is 0 Å². The topological polar surface area (TPSA) is 61.4 Å². The van der Waals surface area contributed by atoms with Crippen LogP contribution in [0.5, 0.6) is 5.75 Å². The number of morpholine rings is 1. The van der Waals surface area contributed by atoms with Crippen LogP contribution in [0.1, 0.15) is 44.6 Å². The number of hydrogen-bond acceptors (Lipinski definition) is 5. The zero-order chi connectivity index (χ0) is 22.0. The predicted octanol–water partition coefficient (Wildman–Crippen LogP) is 2.47. The molecule has 1 aromatic rings. The van der Waals surface area contributed by atoms with Crippen molar-refractivity contribution in [1.29, 1.82) is 0 Å². The van der Waals surface area contributed by atoms with E-state index in [4.69, 9.17) is 14.5 Å². The molecule has 32 heavy (non-hydrogen) atoms. The fourth-order valence-electron chi connectivity index (χ4n) is 5.07. The molecule has 1 aromatic carbocycles. The number of benzene rings is 1. The van der Waals surface area contributed by atoms with Gasteiger partial charge in [-0.15, -0.1) is 0 Å². The van der Waals surface area contributed by atoms with Crippen molar-refractivity contribution < 1.29 is 9.47 Å². The maximum atomic E-state index is 6.14. The summed E-state index contributed by atoms with van der Waals surface area (Å²) in [7, 11) is 0. The Labute approximate surface area is 193 Å². The van der Waals surface area contributed by atoms with Crippen molar-refractivity contribution in [2.45, 2.75) is 57.7 Å². The van der Waals surface area contributed by atoms with Gasteiger partial charge in [0.1, 0.15) is 12.4 Å². The number of hydrogen-bond donors (Lipinski definition) is 2. The molecule has 1 aliphatic carbocycles. The summed E-state index contributed by atoms with van der Waals surface area (Å²) in [5.74, 6) is 1.85. The van der Waals surface area contributed by atoms with Crippen molar-refractivity contribution in [1.82, 2.24) is 20.4 Å². The highest BCUT2D eigenvalue weighted by Gasteiger charge is 2.30. The molecule has 1 atom stereocenters. The Kier molecular flexibility index (Phi) is 9.06. The van der Waals surface area contributed by atoms with Crippen molar-refractivity contribution in [3.8, 4) is 5.75 Å². The number of aliphatic imine (C=N–C) groups is 1. The normalized spacial score (nSPS) is 23.5. The Balaban J connectivity index is 1.28. The van der Waals surface area contributed by atoms with Crippen molar-refractivity contribution >= 4 is 5.96 Å². The van der Waals surface area contributed by atoms with E-state index in [0.29, 0.717) is 19.2 Å². The first-order chi connectivity index (χ1) is 15.8. The van der Waals surface area contributed by atoms with Gasteiger partial charge in [-0.05, 0) is 32.3 Å². The molecule has 7 heteroatoms. The minimum atomic E-state index is 0.480. The average molecular weight is 444 g/mol. The van der Waals surface area contributed by atoms with Gasteiger partial charge in [0, 0.05) is 56.9 Å². The van der Waals surface area contributed by atoms with Gasteiger partial charge in [-0.1, -0.05) is 31.0 Å². The van der Waals surface area contributed by atoms with E-state index >= 15 is 0 Å². The van der Waals surface area contributed by atoms with E-state index in [-0.39, 0.29) is 0 Å². The average Bonchev–Trinajstić information content (AvgIpc) is 3.51. The second-order valence-corrected chi connectivity index (χ2v) is 9.17. The molecule has 2 N–H and O–H groups in total. The Bertz CT molecular complexity index is 716. The summed E-state index contributed by atoms with van der Waals surface area (Å²) in [5.41, 5.74) is 1.13. The van der Waals surface area contributed by atoms with Crippen LogP contribution in [0.25, 0.3) is 0 Å². The monoisotopic (exact) mass is 443 g/mol. The van der Waals surface area contributed by atoms with E-state index in [1.807, 2.05) is 6.07 Å². The molecule has 1 saturated carbocycles. The van der Waals surface area contributed by atoms with Gasteiger partial charge < -0.3 is 20.1 Å². The Morgan fingerprint density at radius 1 is 1.12 bits per heavy atom. The quantitative estimate of drug-likeness (QED) is 0.452. The standard InChI is InChI=1S/C25H41N5O2/c1-2-26-25(28-22-11-12-30(20-22)23-8-4-5-9-23)27-19-21-7-3-6-10-24(21)32-18-15-29-13-16-31-17-14-29/h3,6-7,10,22-23H,2,4-5,8-9,11-20H2,1H3,(H2,26,27,28). The molecule has 7 nitrogen and oxygen atoms in total. The van der Waals surface area contributed by atoms with Gasteiger partial charge in [-0.3, -0.25) is 9.80 Å². The van der Waals surface area contributed by atoms with E-state index in [1.165, 1.54) is 38.6 Å². The molecule has 2 heterocycles. The highest BCUT2D eigenvalue weighted by molar-refractivity contribution is 5.80. The lowest BCUT2D eigenvalue weighted by atomic mass is 10.2. The smallest absolute Gasteiger partial charge is 0.191 e. The number of nitrogens with one attached hydrogen (secondary N) is 2. The third kappa shape index (κ3) is 6.83. The van der Waals surface area contributed by atoms with Crippen LogP contribution in [-0.4, -0.2) is 86.9 Å². The number of ether oxygens (including phenoxy) is 2. The molecular weight excluding hydrogens is 402 g/mol. The van der Waals surface area contributed by atoms with E-state index in [1.54, 1.807) is 0 Å². The lowest BCUT2D eigenvalue weighted by Crippen LogP contribution is -2.45. The first-order valence-corrected chi connectivity index (χ1v) is 12.6. The minimum Gasteiger partial charge on any atom is -0.492 e. The largest absolute Gasteiger partial charge is 0.492 e. The Morgan fingerprint density at radius 3 is 2.75 bits per heavy atom. The van der Waals surface area contributed by atoms with Crippen LogP contribution in [0.15, 0.2) is 29.3 Å². The molecule has 0 amide bonds. The fourth-order valence-corrected chi connectivity index (χ4v) is 5.07. The zero-order valence-corrected chi connectivity index (χ0v) is 19.7. The maximum Gasteiger partial charge on any atom is 0.191 e. The van der Waals surface area contributed by atoms with E-state index in [2.05, 4.69) is 45.6 Å². The number of likely N-dealkylation sites (tertiary alicyclic amines) is 1. The molecule has 1 unspecified atom stereocenters. The highest BCUT2D eigenvalue weighted by Crippen LogP contribution is 2.26. The highest BCUT2D eigenvalue weighted by atomic mass is 16.5. The van der Waals surface area contributed by atoms with Gasteiger partial charge in [0.15, 0.2) is 5.96 Å². The van der Waals surface area contributed by atoms with E-state index in [9.17, 15) is 0 Å². The van der Waals surface area contributed by atoms with Gasteiger partial charge in [-0.25, -0.2) is 4.99 Å². The molecule has 0 radical (unpaired) electrons. The molecular formula is C25H41N5O2. The van der Waals surface area contributed by atoms with Crippen LogP contribution in [0.2, 0.25) is 0 Å². The SMILES string of the molecule is CCNC(=NCc1ccccc1OCCN1CCOCC1)NC1CCN(C2CCCC2)C1. The lowest BCUT2D eigenvalue weighted by molar-refractivity contribution is 0.0322. The number of rotatable bonds is 9. The Morgan fingerprint density at radius 2 is 1.94 bits per heavy atom. The zero-order valence-electron chi connectivity index (χ0n) is 19.7. The third-order valence-electron chi connectivity index (χ3n) is 6.89. The summed E-state index contributed by atoms with van der Waals surface area (Å²) in [6.45, 7) is 11.2. The number of para-hydroxylation sites is 1. The molecule has 2 aliphatic heterocycles. The van der Waals surface area contributed by atoms with Crippen molar-refractivity contribution in [2.75, 3.05) is 59.1 Å². The first-order valence-electron chi connectivity index (χ1n) is 12.6. The van der Waals surface area contributed by atoms with Gasteiger partial charge in [0.2, 0.25) is 0 Å². The summed E-state index contributed by atoms with van der Waals surface area (Å²) in [5, 5.41) is 7.11. The Hall–Kier alpha value is -1.83. The second kappa shape index (κ2) is 12.4. The number of guanidine groups is 1. The van der Waals surface area contributed by atoms with Crippen LogP contribution >= 0.6 is 0 Å². The van der Waals surface area contributed by atoms with Crippen LogP contribution in [0.3, 0.4) is 0 Å². The summed E-state index contributed by atoms with van der Waals surface area (Å²) in [6.07, 6.45) is 6.75. The van der Waals surface area contributed by atoms with Crippen molar-refractivity contribution in [3.63, 3.8) is 0 Å². The van der Waals surface area contributed by atoms with Crippen LogP contribution in [-0.2, 0) is 11.3 Å². The maximum absolute atomic E-state index is 6.14. The summed E-state index contributed by atoms with van der Waals surface area (Å²) in [4.78, 5) is 9.98. The molecule has 178 valence electrons. The van der Waals surface area contributed by atoms with Crippen LogP contribution < -0.4 is 15.4 Å². The van der Waals surface area contributed by atoms with Gasteiger partial charge in [0.05, 0.1) is 19.8 Å². The van der Waals surface area contributed by atoms with Gasteiger partial charge in [-0.2, -0.15) is 0 Å². The molecule has 2 saturated heterocycles. The van der Waals surface area contributed by atoms with Crippen molar-refractivity contribution in [3.05, 3.63) is 29.8 Å². The summed E-state index contributed by atoms with van der Waals surface area (Å²) >= 11 is 0. The fraction of sp³-hybridized carbons (Fsp3) is 0.720. The van der Waals surface area contributed by atoms with Crippen LogP contribution in [0.4, 0.5) is 0 Å². The van der Waals surface area contributed by atoms with E-state index < -0.39 is 0 Å². The summed E-state index contributed by atoms with van der Waals surface area (Å²) < 4.78 is 11.6. The van der Waals surface area contributed by atoms with Crippen LogP contribution in [0, 0.1) is 0 Å². The molecule has 4 rings (SSSR count). The lowest BCUT2D eigenvalue weighted by Gasteiger charge is -2.26. The molecule has 0 aromatic heterocycles. The number of nitrogens with zero attached hydrogens (tertiary/aromatic N) is 3. The molecule has 3 aliphatic rings. The second-order valence-electron chi connectivity index (χ2n) is 9.17. The van der Waals surface area contributed by atoms with Gasteiger partial charge >= 0.3 is 0 Å². The predicted molar refractivity (Wildman–Crippen MR) is 129 cm³/mol. The molecule has 3 fully saturated rings. The van der Waals surface area contributed by atoms with Crippen molar-refractivity contribution in [2.24, 2.45) is 4.99 Å². The summed E-state index contributed by atoms with van der Waals surface area (Å²) in [6, 6.07) is 9.57. The van der Waals surface area contributed by atoms with E-state index in [0.717, 1.165) is 69.3 Å². The minimum absolute atomic E-state index is 0.480. The third-order valence-corrected chi connectivity index (χ3v) is 6.89.